The minimum absolute atomic E-state index is 0.182. The first kappa shape index (κ1) is 10.8. The number of rotatable bonds is 3. The minimum Gasteiger partial charge on any atom is -0.463 e. The minimum atomic E-state index is 0.182. The van der Waals surface area contributed by atoms with E-state index in [1.807, 2.05) is 0 Å². The van der Waals surface area contributed by atoms with E-state index < -0.39 is 0 Å². The third-order valence-corrected chi connectivity index (χ3v) is 2.86. The highest BCUT2D eigenvalue weighted by Gasteiger charge is 2.05. The van der Waals surface area contributed by atoms with Crippen molar-refractivity contribution in [3.63, 3.8) is 0 Å². The lowest BCUT2D eigenvalue weighted by Crippen LogP contribution is -1.91. The van der Waals surface area contributed by atoms with E-state index in [-0.39, 0.29) is 6.61 Å². The van der Waals surface area contributed by atoms with E-state index in [1.165, 1.54) is 0 Å². The summed E-state index contributed by atoms with van der Waals surface area (Å²) in [6, 6.07) is 3.31. The lowest BCUT2D eigenvalue weighted by molar-refractivity contribution is -0.129. The van der Waals surface area contributed by atoms with E-state index in [4.69, 9.17) is 23.2 Å². The molecule has 70 valence electrons. The summed E-state index contributed by atoms with van der Waals surface area (Å²) in [4.78, 5) is 9.94. The van der Waals surface area contributed by atoms with Crippen molar-refractivity contribution in [2.75, 3.05) is 0 Å². The second-order valence-corrected chi connectivity index (χ2v) is 3.93. The van der Waals surface area contributed by atoms with Gasteiger partial charge in [0.2, 0.25) is 0 Å². The zero-order chi connectivity index (χ0) is 9.84. The first-order valence-corrected chi connectivity index (χ1v) is 4.88. The average molecular weight is 284 g/mol. The van der Waals surface area contributed by atoms with Crippen LogP contribution in [0.2, 0.25) is 10.0 Å². The molecule has 0 fully saturated rings. The SMILES string of the molecule is O=COCc1cc(Cl)c(Cl)cc1Br. The molecule has 0 spiro atoms. The van der Waals surface area contributed by atoms with Crippen LogP contribution in [0.3, 0.4) is 0 Å². The molecule has 0 amide bonds. The molecule has 0 N–H and O–H groups in total. The maximum Gasteiger partial charge on any atom is 0.293 e. The Balaban J connectivity index is 2.94. The Kier molecular flexibility index (Phi) is 4.03. The van der Waals surface area contributed by atoms with Gasteiger partial charge in [-0.1, -0.05) is 39.1 Å². The number of hydrogen-bond donors (Lipinski definition) is 0. The average Bonchev–Trinajstić information content (AvgIpc) is 2.09. The van der Waals surface area contributed by atoms with Crippen molar-refractivity contribution in [2.45, 2.75) is 6.61 Å². The van der Waals surface area contributed by atoms with E-state index in [0.29, 0.717) is 16.5 Å². The maximum atomic E-state index is 9.94. The van der Waals surface area contributed by atoms with Crippen LogP contribution in [0.4, 0.5) is 0 Å². The maximum absolute atomic E-state index is 9.94. The summed E-state index contributed by atoms with van der Waals surface area (Å²) in [6.07, 6.45) is 0. The Hall–Kier alpha value is -0.250. The molecule has 0 bridgehead atoms. The summed E-state index contributed by atoms with van der Waals surface area (Å²) in [5.41, 5.74) is 0.779. The van der Waals surface area contributed by atoms with Gasteiger partial charge in [0.05, 0.1) is 10.0 Å². The molecule has 0 atom stereocenters. The number of carbonyl (C=O) groups is 1. The lowest BCUT2D eigenvalue weighted by Gasteiger charge is -2.04. The normalized spacial score (nSPS) is 9.77. The fourth-order valence-corrected chi connectivity index (χ4v) is 1.74. The van der Waals surface area contributed by atoms with Gasteiger partial charge in [0.25, 0.3) is 6.47 Å². The van der Waals surface area contributed by atoms with Crippen LogP contribution in [-0.4, -0.2) is 6.47 Å². The van der Waals surface area contributed by atoms with E-state index in [9.17, 15) is 4.79 Å². The monoisotopic (exact) mass is 282 g/mol. The van der Waals surface area contributed by atoms with Crippen LogP contribution >= 0.6 is 39.1 Å². The van der Waals surface area contributed by atoms with Gasteiger partial charge in [-0.15, -0.1) is 0 Å². The molecular formula is C8H5BrCl2O2. The summed E-state index contributed by atoms with van der Waals surface area (Å²) in [5, 5.41) is 0.901. The van der Waals surface area contributed by atoms with Crippen LogP contribution in [-0.2, 0) is 16.1 Å². The van der Waals surface area contributed by atoms with Gasteiger partial charge in [0.15, 0.2) is 0 Å². The van der Waals surface area contributed by atoms with Gasteiger partial charge in [-0.25, -0.2) is 0 Å². The third kappa shape index (κ3) is 2.86. The van der Waals surface area contributed by atoms with Crippen molar-refractivity contribution in [3.05, 3.63) is 32.2 Å². The van der Waals surface area contributed by atoms with E-state index in [1.54, 1.807) is 12.1 Å². The van der Waals surface area contributed by atoms with Crippen molar-refractivity contribution in [1.29, 1.82) is 0 Å². The molecule has 13 heavy (non-hydrogen) atoms. The second kappa shape index (κ2) is 4.84. The van der Waals surface area contributed by atoms with Gasteiger partial charge in [0.1, 0.15) is 6.61 Å². The Morgan fingerprint density at radius 2 is 2.00 bits per heavy atom. The quantitative estimate of drug-likeness (QED) is 0.628. The fourth-order valence-electron chi connectivity index (χ4n) is 0.798. The van der Waals surface area contributed by atoms with Gasteiger partial charge in [0, 0.05) is 10.0 Å². The molecule has 1 aromatic rings. The Morgan fingerprint density at radius 3 is 2.62 bits per heavy atom. The van der Waals surface area contributed by atoms with Crippen molar-refractivity contribution in [1.82, 2.24) is 0 Å². The van der Waals surface area contributed by atoms with Crippen LogP contribution in [0, 0.1) is 0 Å². The Labute approximate surface area is 93.9 Å². The molecule has 0 aliphatic heterocycles. The molecule has 0 saturated heterocycles. The second-order valence-electron chi connectivity index (χ2n) is 2.26. The highest BCUT2D eigenvalue weighted by molar-refractivity contribution is 9.10. The molecule has 5 heteroatoms. The van der Waals surface area contributed by atoms with Crippen molar-refractivity contribution in [2.24, 2.45) is 0 Å². The van der Waals surface area contributed by atoms with Gasteiger partial charge in [-0.05, 0) is 12.1 Å². The summed E-state index contributed by atoms with van der Waals surface area (Å²) in [5.74, 6) is 0. The van der Waals surface area contributed by atoms with E-state index in [0.717, 1.165) is 10.0 Å². The molecule has 0 aliphatic carbocycles. The fraction of sp³-hybridized carbons (Fsp3) is 0.125. The Morgan fingerprint density at radius 1 is 1.38 bits per heavy atom. The number of benzene rings is 1. The standard InChI is InChI=1S/C8H5BrCl2O2/c9-6-2-8(11)7(10)1-5(6)3-13-4-12/h1-2,4H,3H2. The zero-order valence-corrected chi connectivity index (χ0v) is 9.49. The number of ether oxygens (including phenoxy) is 1. The zero-order valence-electron chi connectivity index (χ0n) is 6.39. The van der Waals surface area contributed by atoms with Crippen LogP contribution in [0.5, 0.6) is 0 Å². The predicted octanol–water partition coefficient (Wildman–Crippen LogP) is 3.43. The van der Waals surface area contributed by atoms with E-state index >= 15 is 0 Å². The van der Waals surface area contributed by atoms with Gasteiger partial charge >= 0.3 is 0 Å². The Bertz CT molecular complexity index is 328. The van der Waals surface area contributed by atoms with E-state index in [2.05, 4.69) is 20.7 Å². The summed E-state index contributed by atoms with van der Waals surface area (Å²) < 4.78 is 5.35. The third-order valence-electron chi connectivity index (χ3n) is 1.40. The molecular weight excluding hydrogens is 279 g/mol. The first-order valence-electron chi connectivity index (χ1n) is 3.34. The molecule has 0 saturated carbocycles. The molecule has 0 aromatic heterocycles. The molecule has 0 heterocycles. The van der Waals surface area contributed by atoms with Crippen LogP contribution < -0.4 is 0 Å². The van der Waals surface area contributed by atoms with Crippen LogP contribution in [0.15, 0.2) is 16.6 Å². The van der Waals surface area contributed by atoms with Crippen molar-refractivity contribution >= 4 is 45.6 Å². The molecule has 0 aliphatic rings. The molecule has 1 rings (SSSR count). The van der Waals surface area contributed by atoms with Gasteiger partial charge in [-0.2, -0.15) is 0 Å². The largest absolute Gasteiger partial charge is 0.463 e. The van der Waals surface area contributed by atoms with Crippen molar-refractivity contribution < 1.29 is 9.53 Å². The molecule has 0 unspecified atom stereocenters. The lowest BCUT2D eigenvalue weighted by atomic mass is 10.2. The molecule has 2 nitrogen and oxygen atoms in total. The summed E-state index contributed by atoms with van der Waals surface area (Å²) >= 11 is 14.8. The molecule has 0 radical (unpaired) electrons. The highest BCUT2D eigenvalue weighted by Crippen LogP contribution is 2.29. The van der Waals surface area contributed by atoms with Crippen molar-refractivity contribution in [3.8, 4) is 0 Å². The predicted molar refractivity (Wildman–Crippen MR) is 55.0 cm³/mol. The number of halogens is 3. The summed E-state index contributed by atoms with van der Waals surface area (Å²) in [6.45, 7) is 0.565. The number of carbonyl (C=O) groups excluding carboxylic acids is 1. The van der Waals surface area contributed by atoms with Gasteiger partial charge < -0.3 is 4.74 Å². The van der Waals surface area contributed by atoms with Gasteiger partial charge in [-0.3, -0.25) is 4.79 Å². The van der Waals surface area contributed by atoms with Crippen LogP contribution in [0.1, 0.15) is 5.56 Å². The summed E-state index contributed by atoms with van der Waals surface area (Å²) in [7, 11) is 0. The van der Waals surface area contributed by atoms with Crippen LogP contribution in [0.25, 0.3) is 0 Å². The topological polar surface area (TPSA) is 26.3 Å². The highest BCUT2D eigenvalue weighted by atomic mass is 79.9. The first-order chi connectivity index (χ1) is 6.15. The molecule has 1 aromatic carbocycles. The smallest absolute Gasteiger partial charge is 0.293 e. The number of hydrogen-bond acceptors (Lipinski definition) is 2.